The van der Waals surface area contributed by atoms with Gasteiger partial charge in [0, 0.05) is 35.7 Å². The monoisotopic (exact) mass is 571 g/mol. The maximum atomic E-state index is 14.0. The molecule has 11 nitrogen and oxygen atoms in total. The minimum atomic E-state index is -2.67. The number of allylic oxidation sites excluding steroid dienone is 1. The van der Waals surface area contributed by atoms with Crippen LogP contribution in [0.15, 0.2) is 28.7 Å². The molecular weight excluding hydrogens is 530 g/mol. The zero-order valence-corrected chi connectivity index (χ0v) is 24.7. The van der Waals surface area contributed by atoms with Crippen LogP contribution in [0.5, 0.6) is 11.5 Å². The zero-order valence-electron chi connectivity index (χ0n) is 24.7. The van der Waals surface area contributed by atoms with Gasteiger partial charge in [-0.05, 0) is 65.7 Å². The fourth-order valence-electron chi connectivity index (χ4n) is 6.84. The number of aliphatic hydroxyl groups excluding tert-OH is 2. The number of ketones is 2. The van der Waals surface area contributed by atoms with Crippen LogP contribution >= 0.6 is 0 Å². The van der Waals surface area contributed by atoms with Gasteiger partial charge in [0.25, 0.3) is 5.91 Å². The Labute approximate surface area is 239 Å². The lowest BCUT2D eigenvalue weighted by Crippen LogP contribution is -2.63. The lowest BCUT2D eigenvalue weighted by molar-refractivity contribution is -0.148. The topological polar surface area (TPSA) is 174 Å². The van der Waals surface area contributed by atoms with Crippen LogP contribution in [0.4, 0.5) is 0 Å². The molecule has 0 radical (unpaired) electrons. The van der Waals surface area contributed by atoms with E-state index in [0.29, 0.717) is 29.3 Å². The molecule has 3 aliphatic carbocycles. The van der Waals surface area contributed by atoms with Crippen molar-refractivity contribution >= 4 is 17.5 Å². The number of Topliss-reactive ketones (excluding diaryl/α,β-unsaturated/α-hetero) is 2. The second kappa shape index (κ2) is 10.8. The number of rotatable bonds is 8. The van der Waals surface area contributed by atoms with Gasteiger partial charge >= 0.3 is 0 Å². The molecule has 1 aromatic carbocycles. The number of nitrogens with zero attached hydrogens (tertiary/aromatic N) is 2. The van der Waals surface area contributed by atoms with E-state index >= 15 is 0 Å². The Morgan fingerprint density at radius 3 is 2.32 bits per heavy atom. The van der Waals surface area contributed by atoms with Gasteiger partial charge in [-0.25, -0.2) is 0 Å². The maximum absolute atomic E-state index is 14.0. The molecule has 224 valence electrons. The lowest BCUT2D eigenvalue weighted by Gasteiger charge is -2.50. The number of benzene rings is 1. The van der Waals surface area contributed by atoms with E-state index in [-0.39, 0.29) is 35.8 Å². The van der Waals surface area contributed by atoms with Crippen molar-refractivity contribution in [2.45, 2.75) is 64.8 Å². The third-order valence-corrected chi connectivity index (χ3v) is 8.22. The van der Waals surface area contributed by atoms with Crippen molar-refractivity contribution < 1.29 is 39.5 Å². The number of aromatic hydroxyl groups is 1. The summed E-state index contributed by atoms with van der Waals surface area (Å²) in [7, 11) is 5.16. The Balaban J connectivity index is 1.91. The van der Waals surface area contributed by atoms with Crippen LogP contribution in [0, 0.1) is 17.8 Å². The quantitative estimate of drug-likeness (QED) is 0.290. The lowest BCUT2D eigenvalue weighted by atomic mass is 9.58. The number of primary amides is 1. The van der Waals surface area contributed by atoms with Crippen LogP contribution in [-0.2, 0) is 22.6 Å². The highest BCUT2D eigenvalue weighted by Gasteiger charge is 2.63. The second-order valence-electron chi connectivity index (χ2n) is 12.5. The SMILES string of the molecule is CC(C)CN(C)Cc1cc(O)c2c(c1OC(C)C)C[C@H]1C[C@H]3[C@H](N(C)C)C(O)=C(C(N)=O)C(=O)[C@@]3(O)C(O)=C1C2=O. The van der Waals surface area contributed by atoms with Gasteiger partial charge in [0.2, 0.25) is 5.78 Å². The minimum absolute atomic E-state index is 0.0190. The molecule has 0 saturated carbocycles. The van der Waals surface area contributed by atoms with Crippen LogP contribution in [0.25, 0.3) is 0 Å². The van der Waals surface area contributed by atoms with Gasteiger partial charge in [-0.2, -0.15) is 0 Å². The molecule has 6 N–H and O–H groups in total. The summed E-state index contributed by atoms with van der Waals surface area (Å²) < 4.78 is 6.24. The number of carbonyl (C=O) groups excluding carboxylic acids is 3. The predicted octanol–water partition coefficient (Wildman–Crippen LogP) is 2.00. The van der Waals surface area contributed by atoms with E-state index in [2.05, 4.69) is 18.7 Å². The molecule has 3 aliphatic rings. The number of hydrogen-bond acceptors (Lipinski definition) is 10. The Kier molecular flexibility index (Phi) is 8.03. The fraction of sp³-hybridized carbons (Fsp3) is 0.567. The number of nitrogens with two attached hydrogens (primary N) is 1. The molecule has 0 aliphatic heterocycles. The highest BCUT2D eigenvalue weighted by atomic mass is 16.5. The molecule has 0 aromatic heterocycles. The highest BCUT2D eigenvalue weighted by molar-refractivity contribution is 6.24. The van der Waals surface area contributed by atoms with Crippen LogP contribution in [0.1, 0.15) is 55.6 Å². The number of ether oxygens (including phenoxy) is 1. The number of likely N-dealkylation sites (N-methyl/N-ethyl adjacent to an activating group) is 1. The summed E-state index contributed by atoms with van der Waals surface area (Å²) in [6.45, 7) is 9.19. The molecule has 0 bridgehead atoms. The second-order valence-corrected chi connectivity index (χ2v) is 12.5. The highest BCUT2D eigenvalue weighted by Crippen LogP contribution is 2.53. The Morgan fingerprint density at radius 1 is 1.15 bits per heavy atom. The van der Waals surface area contributed by atoms with Crippen molar-refractivity contribution in [3.05, 3.63) is 45.4 Å². The van der Waals surface area contributed by atoms with Gasteiger partial charge < -0.3 is 35.8 Å². The van der Waals surface area contributed by atoms with Gasteiger partial charge in [-0.1, -0.05) is 13.8 Å². The number of amides is 1. The van der Waals surface area contributed by atoms with E-state index < -0.39 is 58.0 Å². The standard InChI is InChI=1S/C30H41N3O8/c1-13(2)11-33(7)12-16-10-19(34)21-17(26(16)41-14(3)4)8-15-9-18-23(32(5)6)25(36)22(29(31)39)28(38)30(18,40)27(37)20(15)24(21)35/h10,13-15,18,23,34,36-37,40H,8-9,11-12H2,1-7H3,(H2,31,39)/t15-,18-,23-,30-/m0/s1. The van der Waals surface area contributed by atoms with Crippen LogP contribution < -0.4 is 10.5 Å². The maximum Gasteiger partial charge on any atom is 0.255 e. The summed E-state index contributed by atoms with van der Waals surface area (Å²) in [5.41, 5.74) is 2.84. The van der Waals surface area contributed by atoms with Gasteiger partial charge in [0.1, 0.15) is 28.6 Å². The van der Waals surface area contributed by atoms with Crippen molar-refractivity contribution in [2.75, 3.05) is 27.7 Å². The number of phenols is 1. The summed E-state index contributed by atoms with van der Waals surface area (Å²) in [6.07, 6.45) is -0.0464. The average Bonchev–Trinajstić information content (AvgIpc) is 2.82. The van der Waals surface area contributed by atoms with E-state index in [1.54, 1.807) is 14.1 Å². The number of carbonyl (C=O) groups is 3. The Morgan fingerprint density at radius 2 is 1.78 bits per heavy atom. The van der Waals surface area contributed by atoms with Crippen molar-refractivity contribution in [2.24, 2.45) is 23.5 Å². The van der Waals surface area contributed by atoms with Gasteiger partial charge in [0.05, 0.1) is 17.7 Å². The molecule has 0 saturated heterocycles. The van der Waals surface area contributed by atoms with Gasteiger partial charge in [0.15, 0.2) is 11.4 Å². The normalized spacial score (nSPS) is 26.2. The van der Waals surface area contributed by atoms with E-state index in [1.807, 2.05) is 20.9 Å². The molecule has 0 unspecified atom stereocenters. The summed E-state index contributed by atoms with van der Waals surface area (Å²) in [4.78, 5) is 43.2. The van der Waals surface area contributed by atoms with Crippen LogP contribution in [0.3, 0.4) is 0 Å². The molecule has 4 rings (SSSR count). The summed E-state index contributed by atoms with van der Waals surface area (Å²) in [5, 5.41) is 45.3. The molecule has 41 heavy (non-hydrogen) atoms. The number of aliphatic hydroxyl groups is 3. The van der Waals surface area contributed by atoms with Crippen molar-refractivity contribution in [3.8, 4) is 11.5 Å². The Hall–Kier alpha value is -3.41. The first-order valence-electron chi connectivity index (χ1n) is 13.9. The molecule has 4 atom stereocenters. The summed E-state index contributed by atoms with van der Waals surface area (Å²) >= 11 is 0. The van der Waals surface area contributed by atoms with Gasteiger partial charge in [-0.15, -0.1) is 0 Å². The first-order chi connectivity index (χ1) is 19.0. The molecule has 0 fully saturated rings. The van der Waals surface area contributed by atoms with E-state index in [1.165, 1.54) is 11.0 Å². The first-order valence-corrected chi connectivity index (χ1v) is 13.9. The molecule has 0 heterocycles. The van der Waals surface area contributed by atoms with E-state index in [4.69, 9.17) is 10.5 Å². The van der Waals surface area contributed by atoms with Crippen LogP contribution in [0.2, 0.25) is 0 Å². The summed E-state index contributed by atoms with van der Waals surface area (Å²) in [5.74, 6) is -5.89. The summed E-state index contributed by atoms with van der Waals surface area (Å²) in [6, 6.07) is 0.444. The molecular formula is C30H41N3O8. The van der Waals surface area contributed by atoms with Crippen LogP contribution in [-0.4, -0.2) is 93.1 Å². The van der Waals surface area contributed by atoms with E-state index in [0.717, 1.165) is 6.54 Å². The molecule has 11 heteroatoms. The number of phenolic OH excluding ortho intramolecular Hbond substituents is 1. The van der Waals surface area contributed by atoms with Gasteiger partial charge in [-0.3, -0.25) is 19.3 Å². The predicted molar refractivity (Wildman–Crippen MR) is 151 cm³/mol. The molecule has 1 amide bonds. The third-order valence-electron chi connectivity index (χ3n) is 8.22. The van der Waals surface area contributed by atoms with Crippen molar-refractivity contribution in [1.82, 2.24) is 9.80 Å². The largest absolute Gasteiger partial charge is 0.510 e. The third kappa shape index (κ3) is 4.89. The van der Waals surface area contributed by atoms with E-state index in [9.17, 15) is 34.8 Å². The molecule has 0 spiro atoms. The number of fused-ring (bicyclic) bond motifs is 3. The van der Waals surface area contributed by atoms with Crippen molar-refractivity contribution in [3.63, 3.8) is 0 Å². The smallest absolute Gasteiger partial charge is 0.255 e. The minimum Gasteiger partial charge on any atom is -0.510 e. The number of hydrogen-bond donors (Lipinski definition) is 5. The average molecular weight is 572 g/mol. The first kappa shape index (κ1) is 30.5. The molecule has 1 aromatic rings. The fourth-order valence-corrected chi connectivity index (χ4v) is 6.84. The van der Waals surface area contributed by atoms with Crippen molar-refractivity contribution in [1.29, 1.82) is 0 Å². The Bertz CT molecular complexity index is 1360. The zero-order chi connectivity index (χ0) is 30.7.